The molecule has 24 heavy (non-hydrogen) atoms. The van der Waals surface area contributed by atoms with Gasteiger partial charge in [-0.05, 0) is 6.42 Å². The molecule has 0 aromatic carbocycles. The highest BCUT2D eigenvalue weighted by atomic mass is 15.5. The Morgan fingerprint density at radius 3 is 2.79 bits per heavy atom. The smallest absolute Gasteiger partial charge is 0.196 e. The lowest BCUT2D eigenvalue weighted by Crippen LogP contribution is -2.60. The Bertz CT molecular complexity index is 529. The summed E-state index contributed by atoms with van der Waals surface area (Å²) < 4.78 is 0. The van der Waals surface area contributed by atoms with Crippen LogP contribution in [-0.4, -0.2) is 109 Å². The first kappa shape index (κ1) is 16.7. The highest BCUT2D eigenvalue weighted by molar-refractivity contribution is 5.84. The zero-order chi connectivity index (χ0) is 17.3. The zero-order valence-electron chi connectivity index (χ0n) is 14.9. The standard InChI is InChI=1S/C15H29N9/c1-20(2)13(16)21(3)11-23-9-10-24(14(23)17)12-5-8-22-7-4-6-18-15(22)19-12/h12,16-17H,4-11H2,1-3H3,(H,18,19). The Morgan fingerprint density at radius 1 is 1.25 bits per heavy atom. The van der Waals surface area contributed by atoms with Crippen LogP contribution in [-0.2, 0) is 0 Å². The third-order valence-electron chi connectivity index (χ3n) is 4.84. The monoisotopic (exact) mass is 335 g/mol. The number of rotatable bonds is 3. The fourth-order valence-electron chi connectivity index (χ4n) is 3.47. The van der Waals surface area contributed by atoms with Crippen LogP contribution >= 0.6 is 0 Å². The number of hydrogen-bond acceptors (Lipinski definition) is 5. The molecule has 0 saturated carbocycles. The summed E-state index contributed by atoms with van der Waals surface area (Å²) in [4.78, 5) is 14.7. The average molecular weight is 335 g/mol. The molecule has 0 radical (unpaired) electrons. The average Bonchev–Trinajstić information content (AvgIpc) is 2.94. The summed E-state index contributed by atoms with van der Waals surface area (Å²) in [6.07, 6.45) is 2.28. The Labute approximate surface area is 143 Å². The van der Waals surface area contributed by atoms with E-state index in [1.807, 2.05) is 30.9 Å². The van der Waals surface area contributed by atoms with Crippen molar-refractivity contribution in [3.63, 3.8) is 0 Å². The van der Waals surface area contributed by atoms with E-state index in [2.05, 4.69) is 20.1 Å². The molecular weight excluding hydrogens is 306 g/mol. The van der Waals surface area contributed by atoms with Crippen LogP contribution in [0.3, 0.4) is 0 Å². The summed E-state index contributed by atoms with van der Waals surface area (Å²) >= 11 is 0. The van der Waals surface area contributed by atoms with Crippen LogP contribution in [0.5, 0.6) is 0 Å². The molecule has 0 aliphatic carbocycles. The van der Waals surface area contributed by atoms with Gasteiger partial charge in [-0.2, -0.15) is 0 Å². The van der Waals surface area contributed by atoms with Gasteiger partial charge in [-0.3, -0.25) is 15.8 Å². The van der Waals surface area contributed by atoms with Gasteiger partial charge in [0.15, 0.2) is 17.9 Å². The summed E-state index contributed by atoms with van der Waals surface area (Å²) in [6, 6.07) is 0. The molecule has 3 heterocycles. The van der Waals surface area contributed by atoms with Crippen molar-refractivity contribution in [2.45, 2.75) is 19.0 Å². The maximum atomic E-state index is 8.52. The molecule has 0 aromatic rings. The normalized spacial score (nSPS) is 23.6. The first-order valence-corrected chi connectivity index (χ1v) is 8.60. The molecule has 9 nitrogen and oxygen atoms in total. The van der Waals surface area contributed by atoms with E-state index in [-0.39, 0.29) is 6.17 Å². The van der Waals surface area contributed by atoms with E-state index in [0.29, 0.717) is 18.6 Å². The van der Waals surface area contributed by atoms with Crippen molar-refractivity contribution in [2.24, 2.45) is 4.99 Å². The molecule has 3 aliphatic heterocycles. The quantitative estimate of drug-likeness (QED) is 0.467. The molecule has 0 spiro atoms. The Morgan fingerprint density at radius 2 is 2.04 bits per heavy atom. The molecule has 3 N–H and O–H groups in total. The lowest BCUT2D eigenvalue weighted by molar-refractivity contribution is 0.220. The van der Waals surface area contributed by atoms with Gasteiger partial charge in [0.05, 0.1) is 6.67 Å². The van der Waals surface area contributed by atoms with Crippen LogP contribution in [0.4, 0.5) is 0 Å². The van der Waals surface area contributed by atoms with Crippen LogP contribution in [0.25, 0.3) is 0 Å². The second kappa shape index (κ2) is 6.74. The minimum absolute atomic E-state index is 0.147. The van der Waals surface area contributed by atoms with Gasteiger partial charge in [-0.25, -0.2) is 0 Å². The Kier molecular flexibility index (Phi) is 4.68. The zero-order valence-corrected chi connectivity index (χ0v) is 14.9. The highest BCUT2D eigenvalue weighted by Gasteiger charge is 2.35. The molecule has 3 rings (SSSR count). The van der Waals surface area contributed by atoms with Gasteiger partial charge < -0.3 is 29.8 Å². The van der Waals surface area contributed by atoms with Crippen LogP contribution in [0, 0.1) is 10.8 Å². The number of nitrogens with one attached hydrogen (secondary N) is 3. The molecule has 0 bridgehead atoms. The lowest BCUT2D eigenvalue weighted by Gasteiger charge is -2.41. The van der Waals surface area contributed by atoms with E-state index in [9.17, 15) is 0 Å². The maximum Gasteiger partial charge on any atom is 0.196 e. The lowest BCUT2D eigenvalue weighted by atomic mass is 10.2. The van der Waals surface area contributed by atoms with Crippen LogP contribution in [0.15, 0.2) is 4.99 Å². The number of fused-ring (bicyclic) bond motifs is 1. The van der Waals surface area contributed by atoms with Gasteiger partial charge in [0.2, 0.25) is 0 Å². The van der Waals surface area contributed by atoms with Crippen molar-refractivity contribution in [3.8, 4) is 0 Å². The first-order valence-electron chi connectivity index (χ1n) is 8.60. The molecule has 134 valence electrons. The molecule has 1 unspecified atom stereocenters. The summed E-state index contributed by atoms with van der Waals surface area (Å²) in [7, 11) is 5.62. The molecule has 3 aliphatic rings. The van der Waals surface area contributed by atoms with E-state index in [1.54, 1.807) is 4.90 Å². The third-order valence-corrected chi connectivity index (χ3v) is 4.84. The first-order chi connectivity index (χ1) is 11.5. The van der Waals surface area contributed by atoms with Crippen LogP contribution < -0.4 is 5.32 Å². The second-order valence-electron chi connectivity index (χ2n) is 6.83. The predicted molar refractivity (Wildman–Crippen MR) is 95.2 cm³/mol. The molecular formula is C15H29N9. The fourth-order valence-corrected chi connectivity index (χ4v) is 3.47. The maximum absolute atomic E-state index is 8.52. The Hall–Kier alpha value is -2.19. The van der Waals surface area contributed by atoms with E-state index >= 15 is 0 Å². The topological polar surface area (TPSA) is 88.3 Å². The minimum atomic E-state index is 0.147. The summed E-state index contributed by atoms with van der Waals surface area (Å²) in [5.74, 6) is 1.98. The third kappa shape index (κ3) is 3.20. The Balaban J connectivity index is 1.58. The highest BCUT2D eigenvalue weighted by Crippen LogP contribution is 2.18. The predicted octanol–water partition coefficient (Wildman–Crippen LogP) is -0.694. The molecule has 1 atom stereocenters. The van der Waals surface area contributed by atoms with Crippen LogP contribution in [0.1, 0.15) is 12.8 Å². The summed E-state index contributed by atoms with van der Waals surface area (Å²) in [6.45, 7) is 5.20. The summed E-state index contributed by atoms with van der Waals surface area (Å²) in [5.41, 5.74) is 0. The number of guanidine groups is 3. The number of nitrogens with zero attached hydrogens (tertiary/aromatic N) is 6. The number of hydrogen-bond donors (Lipinski definition) is 3. The molecule has 0 amide bonds. The fraction of sp³-hybridized carbons (Fsp3) is 0.800. The van der Waals surface area contributed by atoms with Gasteiger partial charge >= 0.3 is 0 Å². The molecule has 2 fully saturated rings. The van der Waals surface area contributed by atoms with Crippen molar-refractivity contribution in [2.75, 3.05) is 60.5 Å². The van der Waals surface area contributed by atoms with Gasteiger partial charge in [-0.15, -0.1) is 0 Å². The number of aliphatic imine (C=N–C) groups is 1. The van der Waals surface area contributed by atoms with Crippen LogP contribution in [0.2, 0.25) is 0 Å². The van der Waals surface area contributed by atoms with Crippen molar-refractivity contribution in [1.82, 2.24) is 29.8 Å². The van der Waals surface area contributed by atoms with E-state index in [4.69, 9.17) is 10.8 Å². The minimum Gasteiger partial charge on any atom is -0.349 e. The van der Waals surface area contributed by atoms with E-state index in [1.165, 1.54) is 0 Å². The SMILES string of the molecule is CN(C)C(=N)N(C)CN1CCN(C2CCN3CCCN=C3N2)C1=N. The van der Waals surface area contributed by atoms with E-state index in [0.717, 1.165) is 51.5 Å². The molecule has 2 saturated heterocycles. The summed E-state index contributed by atoms with van der Waals surface area (Å²) in [5, 5.41) is 20.1. The van der Waals surface area contributed by atoms with Crippen molar-refractivity contribution in [1.29, 1.82) is 10.8 Å². The van der Waals surface area contributed by atoms with Gasteiger partial charge in [0.25, 0.3) is 0 Å². The largest absolute Gasteiger partial charge is 0.349 e. The van der Waals surface area contributed by atoms with Gasteiger partial charge in [-0.1, -0.05) is 0 Å². The van der Waals surface area contributed by atoms with E-state index < -0.39 is 0 Å². The van der Waals surface area contributed by atoms with Crippen molar-refractivity contribution < 1.29 is 0 Å². The van der Waals surface area contributed by atoms with Crippen molar-refractivity contribution >= 4 is 17.9 Å². The second-order valence-corrected chi connectivity index (χ2v) is 6.83. The van der Waals surface area contributed by atoms with Crippen molar-refractivity contribution in [3.05, 3.63) is 0 Å². The van der Waals surface area contributed by atoms with Gasteiger partial charge in [0, 0.05) is 60.3 Å². The molecule has 9 heteroatoms. The molecule has 0 aromatic heterocycles. The van der Waals surface area contributed by atoms with Gasteiger partial charge in [0.1, 0.15) is 6.17 Å².